The molecular weight excluding hydrogens is 452 g/mol. The number of rotatable bonds is 8. The third-order valence-electron chi connectivity index (χ3n) is 5.49. The number of nitrogens with one attached hydrogen (secondary N) is 1. The predicted octanol–water partition coefficient (Wildman–Crippen LogP) is 4.75. The fraction of sp³-hybridized carbons (Fsp3) is 0.320. The van der Waals surface area contributed by atoms with E-state index in [0.717, 1.165) is 16.9 Å². The molecule has 1 atom stereocenters. The average Bonchev–Trinajstić information content (AvgIpc) is 3.23. The van der Waals surface area contributed by atoms with Gasteiger partial charge in [-0.25, -0.2) is 9.48 Å². The van der Waals surface area contributed by atoms with Gasteiger partial charge < -0.3 is 19.5 Å². The monoisotopic (exact) mass is 480 g/mol. The van der Waals surface area contributed by atoms with E-state index in [1.54, 1.807) is 11.8 Å². The van der Waals surface area contributed by atoms with Crippen LogP contribution in [0.2, 0.25) is 0 Å². The highest BCUT2D eigenvalue weighted by Crippen LogP contribution is 2.39. The Morgan fingerprint density at radius 1 is 1.15 bits per heavy atom. The minimum Gasteiger partial charge on any atom is -0.493 e. The number of thioether (sulfide) groups is 1. The molecule has 3 aromatic rings. The van der Waals surface area contributed by atoms with Crippen molar-refractivity contribution in [1.29, 1.82) is 0 Å². The van der Waals surface area contributed by atoms with Crippen LogP contribution in [0.5, 0.6) is 11.5 Å². The van der Waals surface area contributed by atoms with Crippen LogP contribution < -0.4 is 14.8 Å². The van der Waals surface area contributed by atoms with Crippen molar-refractivity contribution < 1.29 is 19.0 Å². The highest BCUT2D eigenvalue weighted by Gasteiger charge is 2.35. The van der Waals surface area contributed by atoms with E-state index in [0.29, 0.717) is 40.5 Å². The minimum absolute atomic E-state index is 0.419. The predicted molar refractivity (Wildman–Crippen MR) is 131 cm³/mol. The molecule has 0 aliphatic carbocycles. The van der Waals surface area contributed by atoms with Crippen LogP contribution in [0.15, 0.2) is 58.9 Å². The first-order valence-electron chi connectivity index (χ1n) is 11.0. The summed E-state index contributed by atoms with van der Waals surface area (Å²) in [4.78, 5) is 17.3. The number of carbonyl (C=O) groups excluding carboxylic acids is 1. The molecule has 0 amide bonds. The number of aryl methyl sites for hydroxylation is 1. The molecule has 2 heterocycles. The van der Waals surface area contributed by atoms with Crippen molar-refractivity contribution in [2.75, 3.05) is 25.3 Å². The number of ether oxygens (including phenoxy) is 3. The third-order valence-corrected chi connectivity index (χ3v) is 6.21. The summed E-state index contributed by atoms with van der Waals surface area (Å²) in [5, 5.41) is 8.48. The van der Waals surface area contributed by atoms with Gasteiger partial charge in [0.25, 0.3) is 0 Å². The second-order valence-electron chi connectivity index (χ2n) is 7.84. The lowest BCUT2D eigenvalue weighted by Gasteiger charge is -2.28. The van der Waals surface area contributed by atoms with Gasteiger partial charge in [0.1, 0.15) is 12.6 Å². The summed E-state index contributed by atoms with van der Waals surface area (Å²) >= 11 is 1.54. The van der Waals surface area contributed by atoms with Gasteiger partial charge in [0.2, 0.25) is 11.1 Å². The highest BCUT2D eigenvalue weighted by atomic mass is 32.2. The van der Waals surface area contributed by atoms with E-state index < -0.39 is 12.0 Å². The first-order chi connectivity index (χ1) is 16.4. The molecule has 8 nitrogen and oxygen atoms in total. The maximum absolute atomic E-state index is 12.8. The number of methoxy groups -OCH3 is 2. The zero-order valence-corrected chi connectivity index (χ0v) is 20.7. The van der Waals surface area contributed by atoms with E-state index in [1.165, 1.54) is 24.4 Å². The lowest BCUT2D eigenvalue weighted by molar-refractivity contribution is -0.136. The number of hydrogen-bond acceptors (Lipinski definition) is 8. The van der Waals surface area contributed by atoms with E-state index in [1.807, 2.05) is 44.2 Å². The standard InChI is InChI=1S/C25H28N4O4S/c1-6-34-25-27-24-26-16(3)21(23(30)32-5)22(29(24)28-25)18-10-11-19(20(13-18)31-4)33-14-17-9-7-8-15(2)12-17/h7-13,22H,6,14H2,1-5H3,(H,26,27,28). The molecule has 0 saturated heterocycles. The van der Waals surface area contributed by atoms with E-state index in [-0.39, 0.29) is 0 Å². The van der Waals surface area contributed by atoms with Crippen molar-refractivity contribution in [3.05, 3.63) is 70.4 Å². The van der Waals surface area contributed by atoms with Crippen LogP contribution in [0, 0.1) is 6.92 Å². The largest absolute Gasteiger partial charge is 0.493 e. The molecule has 0 fully saturated rings. The molecule has 178 valence electrons. The van der Waals surface area contributed by atoms with Gasteiger partial charge in [-0.3, -0.25) is 0 Å². The number of fused-ring (bicyclic) bond motifs is 1. The number of benzene rings is 2. The van der Waals surface area contributed by atoms with Crippen molar-refractivity contribution in [3.63, 3.8) is 0 Å². The Hall–Kier alpha value is -3.46. The molecule has 0 bridgehead atoms. The molecule has 1 aliphatic rings. The van der Waals surface area contributed by atoms with Crippen molar-refractivity contribution in [2.45, 2.75) is 38.6 Å². The molecule has 1 aromatic heterocycles. The summed E-state index contributed by atoms with van der Waals surface area (Å²) in [5.41, 5.74) is 4.19. The van der Waals surface area contributed by atoms with Crippen LogP contribution >= 0.6 is 11.8 Å². The summed E-state index contributed by atoms with van der Waals surface area (Å²) in [5.74, 6) is 2.16. The van der Waals surface area contributed by atoms with Gasteiger partial charge in [0.05, 0.1) is 19.8 Å². The fourth-order valence-corrected chi connectivity index (χ4v) is 4.50. The molecule has 34 heavy (non-hydrogen) atoms. The minimum atomic E-state index is -0.526. The van der Waals surface area contributed by atoms with E-state index in [4.69, 9.17) is 14.2 Å². The van der Waals surface area contributed by atoms with E-state index >= 15 is 0 Å². The Morgan fingerprint density at radius 2 is 1.97 bits per heavy atom. The summed E-state index contributed by atoms with van der Waals surface area (Å²) in [6.07, 6.45) is 0. The lowest BCUT2D eigenvalue weighted by Crippen LogP contribution is -2.29. The molecule has 1 aliphatic heterocycles. The van der Waals surface area contributed by atoms with Gasteiger partial charge in [-0.1, -0.05) is 54.6 Å². The molecule has 0 saturated carbocycles. The summed E-state index contributed by atoms with van der Waals surface area (Å²) in [6, 6.07) is 13.3. The molecule has 4 rings (SSSR count). The van der Waals surface area contributed by atoms with Gasteiger partial charge in [-0.2, -0.15) is 4.98 Å². The summed E-state index contributed by atoms with van der Waals surface area (Å²) < 4.78 is 18.5. The molecule has 2 aromatic carbocycles. The van der Waals surface area contributed by atoms with Crippen LogP contribution in [0.25, 0.3) is 0 Å². The Bertz CT molecular complexity index is 1240. The molecule has 0 spiro atoms. The van der Waals surface area contributed by atoms with Crippen molar-refractivity contribution in [2.24, 2.45) is 0 Å². The number of aromatic nitrogens is 3. The number of nitrogens with zero attached hydrogens (tertiary/aromatic N) is 3. The first kappa shape index (κ1) is 23.7. The van der Waals surface area contributed by atoms with Crippen LogP contribution in [-0.4, -0.2) is 40.7 Å². The maximum atomic E-state index is 12.8. The van der Waals surface area contributed by atoms with Gasteiger partial charge in [0, 0.05) is 5.70 Å². The molecule has 0 radical (unpaired) electrons. The molecular formula is C25H28N4O4S. The Balaban J connectivity index is 1.71. The Kier molecular flexibility index (Phi) is 7.12. The zero-order valence-electron chi connectivity index (χ0n) is 19.9. The van der Waals surface area contributed by atoms with Crippen molar-refractivity contribution in [1.82, 2.24) is 14.8 Å². The Labute approximate surface area is 203 Å². The van der Waals surface area contributed by atoms with Crippen LogP contribution in [0.1, 0.15) is 36.6 Å². The molecule has 1 unspecified atom stereocenters. The van der Waals surface area contributed by atoms with Crippen LogP contribution in [0.3, 0.4) is 0 Å². The normalized spacial score (nSPS) is 14.9. The number of esters is 1. The van der Waals surface area contributed by atoms with E-state index in [2.05, 4.69) is 34.5 Å². The van der Waals surface area contributed by atoms with Gasteiger partial charge >= 0.3 is 5.97 Å². The van der Waals surface area contributed by atoms with Crippen LogP contribution in [-0.2, 0) is 16.1 Å². The van der Waals surface area contributed by atoms with Gasteiger partial charge in [-0.15, -0.1) is 5.10 Å². The highest BCUT2D eigenvalue weighted by molar-refractivity contribution is 7.99. The fourth-order valence-electron chi connectivity index (χ4n) is 3.94. The molecule has 1 N–H and O–H groups in total. The average molecular weight is 481 g/mol. The Morgan fingerprint density at radius 3 is 2.68 bits per heavy atom. The van der Waals surface area contributed by atoms with Crippen molar-refractivity contribution in [3.8, 4) is 11.5 Å². The van der Waals surface area contributed by atoms with Gasteiger partial charge in [-0.05, 0) is 42.9 Å². The van der Waals surface area contributed by atoms with Gasteiger partial charge in [0.15, 0.2) is 11.5 Å². The maximum Gasteiger partial charge on any atom is 0.338 e. The number of carbonyl (C=O) groups is 1. The number of anilines is 1. The lowest BCUT2D eigenvalue weighted by atomic mass is 9.95. The first-order valence-corrected chi connectivity index (χ1v) is 12.0. The number of hydrogen-bond donors (Lipinski definition) is 1. The number of allylic oxidation sites excluding steroid dienone is 1. The van der Waals surface area contributed by atoms with Crippen molar-refractivity contribution >= 4 is 23.7 Å². The van der Waals surface area contributed by atoms with Crippen LogP contribution in [0.4, 0.5) is 5.95 Å². The smallest absolute Gasteiger partial charge is 0.338 e. The quantitative estimate of drug-likeness (QED) is 0.365. The SMILES string of the molecule is CCSc1nc2n(n1)C(c1ccc(OCc3cccc(C)c3)c(OC)c1)C(C(=O)OC)=C(C)N2. The topological polar surface area (TPSA) is 87.5 Å². The van der Waals surface area contributed by atoms with E-state index in [9.17, 15) is 4.79 Å². The zero-order chi connectivity index (χ0) is 24.2. The second kappa shape index (κ2) is 10.2. The second-order valence-corrected chi connectivity index (χ2v) is 9.07. The summed E-state index contributed by atoms with van der Waals surface area (Å²) in [6.45, 7) is 6.34. The summed E-state index contributed by atoms with van der Waals surface area (Å²) in [7, 11) is 2.97. The molecule has 9 heteroatoms. The third kappa shape index (κ3) is 4.75.